The summed E-state index contributed by atoms with van der Waals surface area (Å²) in [5, 5.41) is 0. The van der Waals surface area contributed by atoms with Crippen molar-refractivity contribution in [3.8, 4) is 11.5 Å². The molecule has 178 valence electrons. The lowest BCUT2D eigenvalue weighted by Crippen LogP contribution is -2.31. The monoisotopic (exact) mass is 467 g/mol. The van der Waals surface area contributed by atoms with Crippen molar-refractivity contribution in [2.75, 3.05) is 35.0 Å². The van der Waals surface area contributed by atoms with Crippen LogP contribution in [0.15, 0.2) is 65.0 Å². The van der Waals surface area contributed by atoms with Crippen LogP contribution in [0.25, 0.3) is 0 Å². The first-order valence-corrected chi connectivity index (χ1v) is 10.3. The molecule has 9 heteroatoms. The molecule has 0 N–H and O–H groups in total. The molecule has 0 saturated carbocycles. The maximum absolute atomic E-state index is 12.8. The first-order chi connectivity index (χ1) is 16.2. The van der Waals surface area contributed by atoms with E-state index in [0.29, 0.717) is 22.6 Å². The van der Waals surface area contributed by atoms with Crippen LogP contribution in [0.5, 0.6) is 11.5 Å². The molecule has 1 aromatic carbocycles. The summed E-state index contributed by atoms with van der Waals surface area (Å²) in [6.45, 7) is 1.52. The van der Waals surface area contributed by atoms with Gasteiger partial charge >= 0.3 is 11.9 Å². The molecule has 0 spiro atoms. The molecule has 1 aromatic rings. The minimum Gasteiger partial charge on any atom is -0.493 e. The van der Waals surface area contributed by atoms with E-state index >= 15 is 0 Å². The van der Waals surface area contributed by atoms with Crippen LogP contribution in [-0.4, -0.2) is 63.4 Å². The fraction of sp³-hybridized carbons (Fsp3) is 0.280. The SMILES string of the molecule is COC(=O)C1=CN(CC2=CC(=O)C(C)=CC2=O)C=C(C(=O)OC)C1c1cccc(OC)c1OC. The molecule has 34 heavy (non-hydrogen) atoms. The van der Waals surface area contributed by atoms with Crippen LogP contribution in [0.4, 0.5) is 0 Å². The Morgan fingerprint density at radius 2 is 1.50 bits per heavy atom. The second-order valence-corrected chi connectivity index (χ2v) is 7.57. The van der Waals surface area contributed by atoms with Gasteiger partial charge in [-0.2, -0.15) is 0 Å². The second kappa shape index (κ2) is 10.2. The van der Waals surface area contributed by atoms with Crippen molar-refractivity contribution < 1.29 is 38.1 Å². The van der Waals surface area contributed by atoms with Crippen molar-refractivity contribution in [1.82, 2.24) is 4.90 Å². The highest BCUT2D eigenvalue weighted by molar-refractivity contribution is 6.19. The van der Waals surface area contributed by atoms with Gasteiger partial charge in [-0.15, -0.1) is 0 Å². The van der Waals surface area contributed by atoms with Crippen LogP contribution in [0, 0.1) is 0 Å². The van der Waals surface area contributed by atoms with E-state index in [1.54, 1.807) is 25.1 Å². The van der Waals surface area contributed by atoms with Crippen molar-refractivity contribution in [2.24, 2.45) is 0 Å². The Bertz CT molecular complexity index is 1140. The summed E-state index contributed by atoms with van der Waals surface area (Å²) in [6.07, 6.45) is 5.48. The molecule has 9 nitrogen and oxygen atoms in total. The number of rotatable bonds is 7. The van der Waals surface area contributed by atoms with Crippen molar-refractivity contribution in [1.29, 1.82) is 0 Å². The number of benzene rings is 1. The van der Waals surface area contributed by atoms with Crippen molar-refractivity contribution in [3.05, 3.63) is 70.6 Å². The van der Waals surface area contributed by atoms with Gasteiger partial charge in [0.05, 0.1) is 52.0 Å². The van der Waals surface area contributed by atoms with Crippen LogP contribution in [0.2, 0.25) is 0 Å². The zero-order valence-electron chi connectivity index (χ0n) is 19.5. The third-order valence-electron chi connectivity index (χ3n) is 5.53. The molecule has 0 unspecified atom stereocenters. The van der Waals surface area contributed by atoms with Gasteiger partial charge in [0, 0.05) is 29.1 Å². The summed E-state index contributed by atoms with van der Waals surface area (Å²) in [7, 11) is 5.38. The number of carbonyl (C=O) groups excluding carboxylic acids is 4. The maximum atomic E-state index is 12.8. The van der Waals surface area contributed by atoms with Gasteiger partial charge in [-0.1, -0.05) is 12.1 Å². The first-order valence-electron chi connectivity index (χ1n) is 10.3. The number of esters is 2. The molecular formula is C25H25NO8. The van der Waals surface area contributed by atoms with Crippen molar-refractivity contribution in [3.63, 3.8) is 0 Å². The topological polar surface area (TPSA) is 108 Å². The van der Waals surface area contributed by atoms with E-state index in [1.165, 1.54) is 57.9 Å². The molecule has 0 radical (unpaired) electrons. The summed E-state index contributed by atoms with van der Waals surface area (Å²) in [5.74, 6) is -2.13. The van der Waals surface area contributed by atoms with E-state index in [0.717, 1.165) is 0 Å². The number of carbonyl (C=O) groups is 4. The van der Waals surface area contributed by atoms with Crippen molar-refractivity contribution >= 4 is 23.5 Å². The molecular weight excluding hydrogens is 442 g/mol. The van der Waals surface area contributed by atoms with E-state index in [-0.39, 0.29) is 34.8 Å². The number of para-hydroxylation sites is 1. The lowest BCUT2D eigenvalue weighted by Gasteiger charge is -2.31. The molecule has 1 aliphatic heterocycles. The summed E-state index contributed by atoms with van der Waals surface area (Å²) in [6, 6.07) is 5.10. The molecule has 0 saturated heterocycles. The lowest BCUT2D eigenvalue weighted by molar-refractivity contribution is -0.137. The van der Waals surface area contributed by atoms with Crippen LogP contribution >= 0.6 is 0 Å². The Balaban J connectivity index is 2.15. The smallest absolute Gasteiger partial charge is 0.336 e. The van der Waals surface area contributed by atoms with Gasteiger partial charge in [-0.3, -0.25) is 9.59 Å². The van der Waals surface area contributed by atoms with E-state index in [1.807, 2.05) is 0 Å². The van der Waals surface area contributed by atoms with Gasteiger partial charge in [-0.25, -0.2) is 9.59 Å². The standard InChI is InChI=1S/C25H25NO8/c1-14-9-20(28)15(10-19(14)27)11-26-12-17(24(29)33-4)22(18(13-26)25(30)34-5)16-7-6-8-21(31-2)23(16)32-3/h6-10,12-13,22H,11H2,1-5H3. The Labute approximate surface area is 196 Å². The van der Waals surface area contributed by atoms with Gasteiger partial charge in [-0.05, 0) is 25.1 Å². The molecule has 3 rings (SSSR count). The van der Waals surface area contributed by atoms with E-state index < -0.39 is 17.9 Å². The number of allylic oxidation sites excluding steroid dienone is 3. The highest BCUT2D eigenvalue weighted by atomic mass is 16.5. The maximum Gasteiger partial charge on any atom is 0.336 e. The number of ketones is 2. The Hall–Kier alpha value is -4.14. The van der Waals surface area contributed by atoms with Crippen LogP contribution < -0.4 is 9.47 Å². The van der Waals surface area contributed by atoms with Crippen molar-refractivity contribution in [2.45, 2.75) is 12.8 Å². The third-order valence-corrected chi connectivity index (χ3v) is 5.53. The molecule has 0 fully saturated rings. The summed E-state index contributed by atoms with van der Waals surface area (Å²) in [4.78, 5) is 51.7. The number of hydrogen-bond donors (Lipinski definition) is 0. The van der Waals surface area contributed by atoms with Crippen LogP contribution in [0.3, 0.4) is 0 Å². The molecule has 0 amide bonds. The molecule has 0 bridgehead atoms. The highest BCUT2D eigenvalue weighted by Crippen LogP contribution is 2.44. The Morgan fingerprint density at radius 3 is 2.03 bits per heavy atom. The number of methoxy groups -OCH3 is 4. The average molecular weight is 467 g/mol. The fourth-order valence-electron chi connectivity index (χ4n) is 3.88. The van der Waals surface area contributed by atoms with E-state index in [9.17, 15) is 19.2 Å². The van der Waals surface area contributed by atoms with Gasteiger partial charge in [0.25, 0.3) is 0 Å². The van der Waals surface area contributed by atoms with Gasteiger partial charge in [0.2, 0.25) is 0 Å². The summed E-state index contributed by atoms with van der Waals surface area (Å²) in [5.41, 5.74) is 1.26. The first kappa shape index (κ1) is 24.5. The zero-order valence-corrected chi connectivity index (χ0v) is 19.5. The minimum atomic E-state index is -0.902. The quantitative estimate of drug-likeness (QED) is 0.441. The molecule has 1 aliphatic carbocycles. The number of nitrogens with zero attached hydrogens (tertiary/aromatic N) is 1. The molecule has 0 atom stereocenters. The van der Waals surface area contributed by atoms with Crippen LogP contribution in [-0.2, 0) is 28.7 Å². The minimum absolute atomic E-state index is 0.0443. The second-order valence-electron chi connectivity index (χ2n) is 7.57. The highest BCUT2D eigenvalue weighted by Gasteiger charge is 2.38. The zero-order chi connectivity index (χ0) is 25.0. The largest absolute Gasteiger partial charge is 0.493 e. The number of ether oxygens (including phenoxy) is 4. The van der Waals surface area contributed by atoms with E-state index in [4.69, 9.17) is 18.9 Å². The lowest BCUT2D eigenvalue weighted by atomic mass is 9.82. The Kier molecular flexibility index (Phi) is 7.35. The predicted octanol–water partition coefficient (Wildman–Crippen LogP) is 2.24. The molecule has 1 heterocycles. The third kappa shape index (κ3) is 4.63. The van der Waals surface area contributed by atoms with Gasteiger partial charge in [0.15, 0.2) is 23.1 Å². The fourth-order valence-corrected chi connectivity index (χ4v) is 3.88. The molecule has 2 aliphatic rings. The van der Waals surface area contributed by atoms with Gasteiger partial charge < -0.3 is 23.8 Å². The molecule has 0 aromatic heterocycles. The van der Waals surface area contributed by atoms with Gasteiger partial charge in [0.1, 0.15) is 0 Å². The van der Waals surface area contributed by atoms with E-state index in [2.05, 4.69) is 0 Å². The number of hydrogen-bond acceptors (Lipinski definition) is 9. The normalized spacial score (nSPS) is 16.2. The van der Waals surface area contributed by atoms with Crippen LogP contribution in [0.1, 0.15) is 18.4 Å². The summed E-state index contributed by atoms with van der Waals surface area (Å²) >= 11 is 0. The summed E-state index contributed by atoms with van der Waals surface area (Å²) < 4.78 is 20.9. The average Bonchev–Trinajstić information content (AvgIpc) is 2.85. The predicted molar refractivity (Wildman–Crippen MR) is 121 cm³/mol. The Morgan fingerprint density at radius 1 is 0.882 bits per heavy atom.